The highest BCUT2D eigenvalue weighted by Crippen LogP contribution is 2.19. The van der Waals surface area contributed by atoms with Gasteiger partial charge in [0, 0.05) is 43.9 Å². The van der Waals surface area contributed by atoms with Crippen molar-refractivity contribution in [3.63, 3.8) is 0 Å². The second-order valence-electron chi connectivity index (χ2n) is 6.28. The summed E-state index contributed by atoms with van der Waals surface area (Å²) in [5.74, 6) is -1.03. The first kappa shape index (κ1) is 19.2. The standard InChI is InChI=1S/C20H18FN3O4/c21-17-6-3-5-16(14-17)20(26)23-12-10-22(11-13-23)19(25)9-8-15-4-1-2-7-18(15)24(27)28/h1-9,14H,10-13H2/b9-8+. The monoisotopic (exact) mass is 383 g/mol. The van der Waals surface area contributed by atoms with Crippen molar-refractivity contribution in [2.24, 2.45) is 0 Å². The van der Waals surface area contributed by atoms with Gasteiger partial charge in [-0.15, -0.1) is 0 Å². The lowest BCUT2D eigenvalue weighted by atomic mass is 10.1. The Labute approximate surface area is 160 Å². The molecule has 2 aromatic carbocycles. The zero-order valence-corrected chi connectivity index (χ0v) is 15.0. The fourth-order valence-corrected chi connectivity index (χ4v) is 3.00. The topological polar surface area (TPSA) is 83.8 Å². The molecule has 1 fully saturated rings. The zero-order valence-electron chi connectivity index (χ0n) is 15.0. The molecule has 2 aromatic rings. The molecule has 0 spiro atoms. The number of rotatable bonds is 4. The molecule has 1 aliphatic heterocycles. The molecule has 1 saturated heterocycles. The van der Waals surface area contributed by atoms with Crippen molar-refractivity contribution in [2.75, 3.05) is 26.2 Å². The number of hydrogen-bond donors (Lipinski definition) is 0. The summed E-state index contributed by atoms with van der Waals surface area (Å²) < 4.78 is 13.3. The van der Waals surface area contributed by atoms with Crippen molar-refractivity contribution < 1.29 is 18.9 Å². The van der Waals surface area contributed by atoms with E-state index in [1.54, 1.807) is 34.1 Å². The number of benzene rings is 2. The number of hydrogen-bond acceptors (Lipinski definition) is 4. The van der Waals surface area contributed by atoms with Gasteiger partial charge in [-0.2, -0.15) is 0 Å². The largest absolute Gasteiger partial charge is 0.336 e. The molecule has 1 heterocycles. The first-order chi connectivity index (χ1) is 13.5. The number of nitro groups is 1. The Hall–Kier alpha value is -3.55. The van der Waals surface area contributed by atoms with Gasteiger partial charge in [-0.05, 0) is 30.3 Å². The van der Waals surface area contributed by atoms with Gasteiger partial charge < -0.3 is 9.80 Å². The molecule has 144 valence electrons. The fourth-order valence-electron chi connectivity index (χ4n) is 3.00. The van der Waals surface area contributed by atoms with Crippen LogP contribution in [0.2, 0.25) is 0 Å². The maximum Gasteiger partial charge on any atom is 0.276 e. The van der Waals surface area contributed by atoms with Crippen molar-refractivity contribution in [1.29, 1.82) is 0 Å². The van der Waals surface area contributed by atoms with E-state index < -0.39 is 10.7 Å². The first-order valence-electron chi connectivity index (χ1n) is 8.71. The minimum Gasteiger partial charge on any atom is -0.336 e. The number of nitrogens with zero attached hydrogens (tertiary/aromatic N) is 3. The Kier molecular flexibility index (Phi) is 5.78. The lowest BCUT2D eigenvalue weighted by molar-refractivity contribution is -0.385. The van der Waals surface area contributed by atoms with Crippen LogP contribution >= 0.6 is 0 Å². The van der Waals surface area contributed by atoms with Gasteiger partial charge in [0.15, 0.2) is 0 Å². The van der Waals surface area contributed by atoms with Crippen LogP contribution in [0.4, 0.5) is 10.1 Å². The number of carbonyl (C=O) groups is 2. The van der Waals surface area contributed by atoms with Crippen molar-refractivity contribution in [3.05, 3.63) is 81.7 Å². The van der Waals surface area contributed by atoms with E-state index in [0.29, 0.717) is 31.7 Å². The third kappa shape index (κ3) is 4.40. The van der Waals surface area contributed by atoms with E-state index in [-0.39, 0.29) is 23.1 Å². The molecule has 28 heavy (non-hydrogen) atoms. The number of nitro benzene ring substituents is 1. The second kappa shape index (κ2) is 8.43. The molecule has 2 amide bonds. The number of halogens is 1. The minimum atomic E-state index is -0.499. The fraction of sp³-hybridized carbons (Fsp3) is 0.200. The molecule has 3 rings (SSSR count). The van der Waals surface area contributed by atoms with Crippen LogP contribution in [0.15, 0.2) is 54.6 Å². The van der Waals surface area contributed by atoms with Gasteiger partial charge in [-0.1, -0.05) is 18.2 Å². The van der Waals surface area contributed by atoms with Crippen LogP contribution in [0, 0.1) is 15.9 Å². The Bertz CT molecular complexity index is 937. The minimum absolute atomic E-state index is 0.0722. The predicted octanol–water partition coefficient (Wildman–Crippen LogP) is 2.73. The molecule has 0 aliphatic carbocycles. The van der Waals surface area contributed by atoms with E-state index in [1.807, 2.05) is 0 Å². The quantitative estimate of drug-likeness (QED) is 0.462. The Morgan fingerprint density at radius 3 is 2.36 bits per heavy atom. The molecule has 0 saturated carbocycles. The van der Waals surface area contributed by atoms with Crippen molar-refractivity contribution in [2.45, 2.75) is 0 Å². The molecule has 1 aliphatic rings. The highest BCUT2D eigenvalue weighted by atomic mass is 19.1. The smallest absolute Gasteiger partial charge is 0.276 e. The molecule has 0 N–H and O–H groups in total. The summed E-state index contributed by atoms with van der Waals surface area (Å²) in [6.45, 7) is 1.34. The molecule has 0 atom stereocenters. The van der Waals surface area contributed by atoms with Gasteiger partial charge in [0.1, 0.15) is 5.82 Å². The summed E-state index contributed by atoms with van der Waals surface area (Å²) in [5.41, 5.74) is 0.550. The Morgan fingerprint density at radius 1 is 1.00 bits per heavy atom. The van der Waals surface area contributed by atoms with Gasteiger partial charge in [0.05, 0.1) is 10.5 Å². The van der Waals surface area contributed by atoms with Crippen LogP contribution in [-0.4, -0.2) is 52.7 Å². The highest BCUT2D eigenvalue weighted by molar-refractivity contribution is 5.95. The third-order valence-corrected chi connectivity index (χ3v) is 4.49. The van der Waals surface area contributed by atoms with Crippen LogP contribution in [0.3, 0.4) is 0 Å². The van der Waals surface area contributed by atoms with Crippen LogP contribution in [0.5, 0.6) is 0 Å². The van der Waals surface area contributed by atoms with Crippen LogP contribution in [0.25, 0.3) is 6.08 Å². The summed E-state index contributed by atoms with van der Waals surface area (Å²) in [5, 5.41) is 11.0. The lowest BCUT2D eigenvalue weighted by Crippen LogP contribution is -2.50. The van der Waals surface area contributed by atoms with Crippen molar-refractivity contribution in [3.8, 4) is 0 Å². The average Bonchev–Trinajstić information content (AvgIpc) is 2.71. The number of carbonyl (C=O) groups excluding carboxylic acids is 2. The van der Waals surface area contributed by atoms with E-state index >= 15 is 0 Å². The van der Waals surface area contributed by atoms with Crippen molar-refractivity contribution in [1.82, 2.24) is 9.80 Å². The van der Waals surface area contributed by atoms with Gasteiger partial charge in [0.2, 0.25) is 5.91 Å². The van der Waals surface area contributed by atoms with E-state index in [2.05, 4.69) is 0 Å². The van der Waals surface area contributed by atoms with Gasteiger partial charge in [0.25, 0.3) is 11.6 Å². The summed E-state index contributed by atoms with van der Waals surface area (Å²) in [7, 11) is 0. The normalized spacial score (nSPS) is 14.3. The predicted molar refractivity (Wildman–Crippen MR) is 101 cm³/mol. The lowest BCUT2D eigenvalue weighted by Gasteiger charge is -2.34. The van der Waals surface area contributed by atoms with Gasteiger partial charge in [-0.3, -0.25) is 19.7 Å². The Balaban J connectivity index is 1.60. The second-order valence-corrected chi connectivity index (χ2v) is 6.28. The summed E-state index contributed by atoms with van der Waals surface area (Å²) in [6.07, 6.45) is 2.72. The molecule has 8 heteroatoms. The van der Waals surface area contributed by atoms with Crippen LogP contribution in [-0.2, 0) is 4.79 Å². The summed E-state index contributed by atoms with van der Waals surface area (Å²) in [6, 6.07) is 11.7. The number of piperazine rings is 1. The maximum absolute atomic E-state index is 13.3. The van der Waals surface area contributed by atoms with E-state index in [0.717, 1.165) is 0 Å². The molecule has 0 bridgehead atoms. The molecular weight excluding hydrogens is 365 g/mol. The first-order valence-corrected chi connectivity index (χ1v) is 8.71. The third-order valence-electron chi connectivity index (χ3n) is 4.49. The molecule has 0 aromatic heterocycles. The molecule has 0 unspecified atom stereocenters. The SMILES string of the molecule is O=C(/C=C/c1ccccc1[N+](=O)[O-])N1CCN(C(=O)c2cccc(F)c2)CC1. The molecule has 0 radical (unpaired) electrons. The van der Waals surface area contributed by atoms with Crippen LogP contribution < -0.4 is 0 Å². The average molecular weight is 383 g/mol. The molecule has 7 nitrogen and oxygen atoms in total. The summed E-state index contributed by atoms with van der Waals surface area (Å²) in [4.78, 5) is 38.4. The van der Waals surface area contributed by atoms with Gasteiger partial charge >= 0.3 is 0 Å². The van der Waals surface area contributed by atoms with E-state index in [1.165, 1.54) is 36.4 Å². The molecular formula is C20H18FN3O4. The van der Waals surface area contributed by atoms with E-state index in [4.69, 9.17) is 0 Å². The zero-order chi connectivity index (χ0) is 20.1. The van der Waals surface area contributed by atoms with Crippen molar-refractivity contribution >= 4 is 23.6 Å². The Morgan fingerprint density at radius 2 is 1.68 bits per heavy atom. The van der Waals surface area contributed by atoms with Crippen LogP contribution in [0.1, 0.15) is 15.9 Å². The number of para-hydroxylation sites is 1. The number of amides is 2. The maximum atomic E-state index is 13.3. The highest BCUT2D eigenvalue weighted by Gasteiger charge is 2.24. The summed E-state index contributed by atoms with van der Waals surface area (Å²) >= 11 is 0. The van der Waals surface area contributed by atoms with Gasteiger partial charge in [-0.25, -0.2) is 4.39 Å². The van der Waals surface area contributed by atoms with E-state index in [9.17, 15) is 24.1 Å².